The van der Waals surface area contributed by atoms with Crippen LogP contribution in [0.4, 0.5) is 0 Å². The minimum absolute atomic E-state index is 0.101. The Balaban J connectivity index is 3.79. The van der Waals surface area contributed by atoms with E-state index in [4.69, 9.17) is 15.3 Å². The summed E-state index contributed by atoms with van der Waals surface area (Å²) < 4.78 is 0. The fraction of sp³-hybridized carbons (Fsp3) is 1.00. The normalized spacial score (nSPS) is 12.0. The minimum Gasteiger partial charge on any atom is -0.396 e. The van der Waals surface area contributed by atoms with Gasteiger partial charge < -0.3 is 15.3 Å². The Morgan fingerprint density at radius 1 is 0.818 bits per heavy atom. The average Bonchev–Trinajstić information content (AvgIpc) is 1.88. The highest BCUT2D eigenvalue weighted by atomic mass is 31.0. The predicted molar refractivity (Wildman–Crippen MR) is 47.5 cm³/mol. The summed E-state index contributed by atoms with van der Waals surface area (Å²) in [5.41, 5.74) is 0. The number of aliphatic hydroxyl groups excluding tert-OH is 3. The first-order valence-electron chi connectivity index (χ1n) is 3.80. The lowest BCUT2D eigenvalue weighted by Gasteiger charge is -2.26. The maximum absolute atomic E-state index is 8.68. The third kappa shape index (κ3) is 4.70. The maximum Gasteiger partial charge on any atom is 0.0439 e. The molecule has 0 radical (unpaired) electrons. The first-order chi connectivity index (χ1) is 5.18. The summed E-state index contributed by atoms with van der Waals surface area (Å²) in [6.07, 6.45) is 1.83. The van der Waals surface area contributed by atoms with Gasteiger partial charge in [0.15, 0.2) is 0 Å². The summed E-state index contributed by atoms with van der Waals surface area (Å²) in [6, 6.07) is 0. The van der Waals surface area contributed by atoms with Crippen LogP contribution in [0.3, 0.4) is 0 Å². The molecule has 68 valence electrons. The molecule has 0 saturated carbocycles. The first kappa shape index (κ1) is 11.3. The molecule has 3 N–H and O–H groups in total. The summed E-state index contributed by atoms with van der Waals surface area (Å²) in [6.45, 7) is 0.302. The van der Waals surface area contributed by atoms with Crippen molar-refractivity contribution in [3.8, 4) is 0 Å². The van der Waals surface area contributed by atoms with Gasteiger partial charge in [0.2, 0.25) is 0 Å². The van der Waals surface area contributed by atoms with E-state index in [2.05, 4.69) is 9.24 Å². The summed E-state index contributed by atoms with van der Waals surface area (Å²) in [4.78, 5) is 0. The quantitative estimate of drug-likeness (QED) is 0.494. The smallest absolute Gasteiger partial charge is 0.0439 e. The van der Waals surface area contributed by atoms with Gasteiger partial charge in [0.1, 0.15) is 0 Å². The molecule has 3 nitrogen and oxygen atoms in total. The summed E-state index contributed by atoms with van der Waals surface area (Å²) >= 11 is 0. The van der Waals surface area contributed by atoms with E-state index in [1.54, 1.807) is 0 Å². The predicted octanol–water partition coefficient (Wildman–Crippen LogP) is -0.253. The van der Waals surface area contributed by atoms with Crippen LogP contribution in [0.5, 0.6) is 0 Å². The monoisotopic (exact) mass is 180 g/mol. The molecule has 0 saturated heterocycles. The molecular weight excluding hydrogens is 163 g/mol. The van der Waals surface area contributed by atoms with Crippen molar-refractivity contribution < 1.29 is 15.3 Å². The van der Waals surface area contributed by atoms with Gasteiger partial charge in [-0.05, 0) is 24.4 Å². The third-order valence-electron chi connectivity index (χ3n) is 1.83. The standard InChI is InChI=1S/C7H17O3P/c8-4-1-7(11,2-5-9)3-6-10/h8-10H,1-6,11H2. The van der Waals surface area contributed by atoms with Gasteiger partial charge in [0, 0.05) is 19.8 Å². The molecule has 0 aliphatic rings. The molecule has 0 aliphatic heterocycles. The van der Waals surface area contributed by atoms with Gasteiger partial charge >= 0.3 is 0 Å². The zero-order valence-corrected chi connectivity index (χ0v) is 7.82. The van der Waals surface area contributed by atoms with Crippen molar-refractivity contribution in [3.05, 3.63) is 0 Å². The molecule has 0 aromatic heterocycles. The second kappa shape index (κ2) is 5.90. The molecule has 1 atom stereocenters. The van der Waals surface area contributed by atoms with Gasteiger partial charge in [0.25, 0.3) is 0 Å². The van der Waals surface area contributed by atoms with Crippen LogP contribution >= 0.6 is 9.24 Å². The van der Waals surface area contributed by atoms with E-state index in [-0.39, 0.29) is 25.0 Å². The molecule has 0 heterocycles. The number of aliphatic hydroxyl groups is 3. The van der Waals surface area contributed by atoms with E-state index in [1.165, 1.54) is 0 Å². The molecule has 0 aromatic carbocycles. The summed E-state index contributed by atoms with van der Waals surface area (Å²) in [5, 5.41) is 25.9. The van der Waals surface area contributed by atoms with Crippen molar-refractivity contribution in [2.75, 3.05) is 19.8 Å². The van der Waals surface area contributed by atoms with E-state index in [0.29, 0.717) is 19.3 Å². The second-order valence-corrected chi connectivity index (χ2v) is 4.01. The summed E-state index contributed by atoms with van der Waals surface area (Å²) in [5.74, 6) is 0. The van der Waals surface area contributed by atoms with Crippen LogP contribution in [0.2, 0.25) is 0 Å². The lowest BCUT2D eigenvalue weighted by atomic mass is 9.97. The molecule has 0 aliphatic carbocycles. The zero-order chi connectivity index (χ0) is 8.74. The Labute approximate surface area is 69.6 Å². The molecule has 4 heteroatoms. The molecule has 0 fully saturated rings. The van der Waals surface area contributed by atoms with E-state index in [0.717, 1.165) is 0 Å². The van der Waals surface area contributed by atoms with Crippen LogP contribution in [-0.2, 0) is 0 Å². The highest BCUT2D eigenvalue weighted by molar-refractivity contribution is 7.19. The Kier molecular flexibility index (Phi) is 6.06. The van der Waals surface area contributed by atoms with E-state index < -0.39 is 0 Å². The van der Waals surface area contributed by atoms with Gasteiger partial charge in [-0.2, -0.15) is 0 Å². The molecule has 0 spiro atoms. The second-order valence-electron chi connectivity index (χ2n) is 2.78. The fourth-order valence-corrected chi connectivity index (χ4v) is 1.43. The van der Waals surface area contributed by atoms with Crippen molar-refractivity contribution in [2.45, 2.75) is 24.4 Å². The highest BCUT2D eigenvalue weighted by Crippen LogP contribution is 2.29. The largest absolute Gasteiger partial charge is 0.396 e. The fourth-order valence-electron chi connectivity index (χ4n) is 1.04. The van der Waals surface area contributed by atoms with E-state index in [1.807, 2.05) is 0 Å². The van der Waals surface area contributed by atoms with E-state index in [9.17, 15) is 0 Å². The lowest BCUT2D eigenvalue weighted by Crippen LogP contribution is -2.25. The van der Waals surface area contributed by atoms with Gasteiger partial charge in [0.05, 0.1) is 0 Å². The molecule has 0 aromatic rings. The minimum atomic E-state index is -0.182. The van der Waals surface area contributed by atoms with Crippen LogP contribution in [0.1, 0.15) is 19.3 Å². The molecule has 1 unspecified atom stereocenters. The maximum atomic E-state index is 8.68. The van der Waals surface area contributed by atoms with Crippen molar-refractivity contribution in [1.29, 1.82) is 0 Å². The van der Waals surface area contributed by atoms with Crippen molar-refractivity contribution in [3.63, 3.8) is 0 Å². The number of hydrogen-bond donors (Lipinski definition) is 3. The topological polar surface area (TPSA) is 60.7 Å². The Hall–Kier alpha value is 0.310. The number of hydrogen-bond acceptors (Lipinski definition) is 3. The first-order valence-corrected chi connectivity index (χ1v) is 4.38. The molecular formula is C7H17O3P. The number of rotatable bonds is 6. The van der Waals surface area contributed by atoms with E-state index >= 15 is 0 Å². The molecule has 0 bridgehead atoms. The van der Waals surface area contributed by atoms with Crippen molar-refractivity contribution in [1.82, 2.24) is 0 Å². The van der Waals surface area contributed by atoms with Gasteiger partial charge in [-0.25, -0.2) is 0 Å². The SMILES string of the molecule is OCCC(P)(CCO)CCO. The Bertz CT molecular complexity index is 80.7. The summed E-state index contributed by atoms with van der Waals surface area (Å²) in [7, 11) is 2.60. The van der Waals surface area contributed by atoms with Gasteiger partial charge in [-0.3, -0.25) is 0 Å². The van der Waals surface area contributed by atoms with Crippen molar-refractivity contribution in [2.24, 2.45) is 0 Å². The lowest BCUT2D eigenvalue weighted by molar-refractivity contribution is 0.200. The molecule has 0 rings (SSSR count). The average molecular weight is 180 g/mol. The Morgan fingerprint density at radius 2 is 1.09 bits per heavy atom. The highest BCUT2D eigenvalue weighted by Gasteiger charge is 2.22. The molecule has 0 amide bonds. The van der Waals surface area contributed by atoms with Crippen LogP contribution < -0.4 is 0 Å². The molecule has 11 heavy (non-hydrogen) atoms. The van der Waals surface area contributed by atoms with Crippen LogP contribution in [0.15, 0.2) is 0 Å². The zero-order valence-electron chi connectivity index (χ0n) is 6.66. The van der Waals surface area contributed by atoms with Crippen LogP contribution in [0, 0.1) is 0 Å². The van der Waals surface area contributed by atoms with Crippen LogP contribution in [-0.4, -0.2) is 40.3 Å². The van der Waals surface area contributed by atoms with Crippen LogP contribution in [0.25, 0.3) is 0 Å². The van der Waals surface area contributed by atoms with Gasteiger partial charge in [-0.1, -0.05) is 0 Å². The van der Waals surface area contributed by atoms with Crippen molar-refractivity contribution >= 4 is 9.24 Å². The Morgan fingerprint density at radius 3 is 1.27 bits per heavy atom. The van der Waals surface area contributed by atoms with Gasteiger partial charge in [-0.15, -0.1) is 9.24 Å². The third-order valence-corrected chi connectivity index (χ3v) is 2.70.